The monoisotopic (exact) mass is 723 g/mol. The first-order chi connectivity index (χ1) is 24.7. The molecule has 2 saturated carbocycles. The van der Waals surface area contributed by atoms with Crippen LogP contribution < -0.4 is 15.5 Å². The van der Waals surface area contributed by atoms with E-state index in [0.717, 1.165) is 46.6 Å². The summed E-state index contributed by atoms with van der Waals surface area (Å²) in [5.74, 6) is -6.54. The molecule has 1 saturated heterocycles. The van der Waals surface area contributed by atoms with Gasteiger partial charge in [-0.3, -0.25) is 4.79 Å². The third-order valence-corrected chi connectivity index (χ3v) is 12.6. The molecule has 0 unspecified atom stereocenters. The van der Waals surface area contributed by atoms with Crippen LogP contribution in [0.2, 0.25) is 0 Å². The van der Waals surface area contributed by atoms with Crippen LogP contribution in [0.1, 0.15) is 88.2 Å². The maximum Gasteiger partial charge on any atom is 0.456 e. The topological polar surface area (TPSA) is 81.7 Å². The maximum atomic E-state index is 15.3. The van der Waals surface area contributed by atoms with E-state index in [1.54, 1.807) is 12.2 Å². The molecule has 6 nitrogen and oxygen atoms in total. The summed E-state index contributed by atoms with van der Waals surface area (Å²) in [6, 6.07) is 14.9. The predicted molar refractivity (Wildman–Crippen MR) is 191 cm³/mol. The summed E-state index contributed by atoms with van der Waals surface area (Å²) >= 11 is 0. The van der Waals surface area contributed by atoms with Gasteiger partial charge in [0, 0.05) is 48.8 Å². The van der Waals surface area contributed by atoms with Gasteiger partial charge in [0.2, 0.25) is 0 Å². The molecular formula is C41H46F5N3O3. The second kappa shape index (κ2) is 13.8. The molecule has 278 valence electrons. The minimum absolute atomic E-state index is 0.0417. The summed E-state index contributed by atoms with van der Waals surface area (Å²) in [6.07, 6.45) is 4.39. The number of carbonyl (C=O) groups excluding carboxylic acids is 2. The van der Waals surface area contributed by atoms with Crippen molar-refractivity contribution < 1.29 is 36.6 Å². The SMILES string of the molecule is C[C@]12C[C@H](c3ccc(C=CCNC(=O)Nc4ccc(N5CCCCC5)cc4)cc3)C3=C4CCC(=O)C=C4CC[C@H]3[C@@H]1CC[C@@]2(O)C(F)(F)C(F)(F)F. The average molecular weight is 724 g/mol. The van der Waals surface area contributed by atoms with Crippen LogP contribution in [0.4, 0.5) is 38.1 Å². The molecule has 2 aromatic rings. The highest BCUT2D eigenvalue weighted by molar-refractivity contribution is 5.93. The Kier molecular flexibility index (Phi) is 9.63. The number of amides is 2. The number of nitrogens with zero attached hydrogens (tertiary/aromatic N) is 1. The number of allylic oxidation sites excluding steroid dienone is 4. The third kappa shape index (κ3) is 6.37. The second-order valence-electron chi connectivity index (χ2n) is 15.5. The molecular weight excluding hydrogens is 677 g/mol. The normalized spacial score (nSPS) is 29.4. The van der Waals surface area contributed by atoms with Gasteiger partial charge >= 0.3 is 18.1 Å². The molecule has 0 radical (unpaired) electrons. The number of fused-ring (bicyclic) bond motifs is 4. The molecule has 2 aromatic carbocycles. The van der Waals surface area contributed by atoms with Gasteiger partial charge in [0.05, 0.1) is 0 Å². The third-order valence-electron chi connectivity index (χ3n) is 12.6. The molecule has 0 spiro atoms. The van der Waals surface area contributed by atoms with E-state index in [1.807, 2.05) is 54.6 Å². The van der Waals surface area contributed by atoms with Crippen molar-refractivity contribution in [2.75, 3.05) is 29.9 Å². The van der Waals surface area contributed by atoms with Crippen molar-refractivity contribution in [3.05, 3.63) is 88.5 Å². The number of benzene rings is 2. The van der Waals surface area contributed by atoms with Crippen LogP contribution in [-0.2, 0) is 4.79 Å². The predicted octanol–water partition coefficient (Wildman–Crippen LogP) is 9.34. The molecule has 3 N–H and O–H groups in total. The lowest BCUT2D eigenvalue weighted by Crippen LogP contribution is -2.65. The zero-order chi connectivity index (χ0) is 36.9. The largest absolute Gasteiger partial charge is 0.456 e. The highest BCUT2D eigenvalue weighted by Gasteiger charge is 2.79. The lowest BCUT2D eigenvalue weighted by molar-refractivity contribution is -0.362. The van der Waals surface area contributed by atoms with Gasteiger partial charge in [0.1, 0.15) is 5.60 Å². The zero-order valence-electron chi connectivity index (χ0n) is 29.4. The molecule has 7 rings (SSSR count). The number of urea groups is 1. The van der Waals surface area contributed by atoms with Crippen LogP contribution in [0, 0.1) is 17.3 Å². The van der Waals surface area contributed by atoms with E-state index in [2.05, 4.69) is 15.5 Å². The summed E-state index contributed by atoms with van der Waals surface area (Å²) in [5.41, 5.74) is 1.50. The van der Waals surface area contributed by atoms with E-state index in [4.69, 9.17) is 0 Å². The van der Waals surface area contributed by atoms with E-state index < -0.39 is 41.4 Å². The van der Waals surface area contributed by atoms with Crippen LogP contribution >= 0.6 is 0 Å². The first-order valence-corrected chi connectivity index (χ1v) is 18.5. The molecule has 5 aliphatic rings. The molecule has 3 fully saturated rings. The zero-order valence-corrected chi connectivity index (χ0v) is 29.4. The van der Waals surface area contributed by atoms with Crippen molar-refractivity contribution in [1.82, 2.24) is 5.32 Å². The first kappa shape index (κ1) is 36.4. The summed E-state index contributed by atoms with van der Waals surface area (Å²) in [5, 5.41) is 17.1. The van der Waals surface area contributed by atoms with Crippen molar-refractivity contribution >= 4 is 29.3 Å². The first-order valence-electron chi connectivity index (χ1n) is 18.5. The van der Waals surface area contributed by atoms with Crippen molar-refractivity contribution in [2.24, 2.45) is 17.3 Å². The van der Waals surface area contributed by atoms with Gasteiger partial charge in [-0.15, -0.1) is 0 Å². The smallest absolute Gasteiger partial charge is 0.383 e. The molecule has 4 aliphatic carbocycles. The number of nitrogens with one attached hydrogen (secondary N) is 2. The van der Waals surface area contributed by atoms with Gasteiger partial charge in [-0.1, -0.05) is 48.9 Å². The van der Waals surface area contributed by atoms with Crippen LogP contribution in [0.5, 0.6) is 0 Å². The molecule has 0 bridgehead atoms. The van der Waals surface area contributed by atoms with Crippen molar-refractivity contribution in [1.29, 1.82) is 0 Å². The number of piperidine rings is 1. The van der Waals surface area contributed by atoms with Crippen molar-refractivity contribution in [3.63, 3.8) is 0 Å². The maximum absolute atomic E-state index is 15.3. The fourth-order valence-corrected chi connectivity index (χ4v) is 9.98. The molecule has 5 atom stereocenters. The van der Waals surface area contributed by atoms with Crippen LogP contribution in [0.3, 0.4) is 0 Å². The van der Waals surface area contributed by atoms with Gasteiger partial charge in [-0.05, 0) is 122 Å². The molecule has 2 amide bonds. The average Bonchev–Trinajstić information content (AvgIpc) is 3.41. The Morgan fingerprint density at radius 3 is 2.37 bits per heavy atom. The summed E-state index contributed by atoms with van der Waals surface area (Å²) in [7, 11) is 0. The minimum atomic E-state index is -5.89. The van der Waals surface area contributed by atoms with E-state index in [0.29, 0.717) is 31.4 Å². The van der Waals surface area contributed by atoms with Crippen LogP contribution in [0.25, 0.3) is 6.08 Å². The Hall–Kier alpha value is -3.99. The Balaban J connectivity index is 1.07. The van der Waals surface area contributed by atoms with Crippen LogP contribution in [-0.4, -0.2) is 54.3 Å². The van der Waals surface area contributed by atoms with Gasteiger partial charge in [0.25, 0.3) is 0 Å². The summed E-state index contributed by atoms with van der Waals surface area (Å²) in [6.45, 7) is 3.78. The second-order valence-corrected chi connectivity index (χ2v) is 15.5. The quantitative estimate of drug-likeness (QED) is 0.249. The Bertz CT molecular complexity index is 1780. The fourth-order valence-electron chi connectivity index (χ4n) is 9.98. The summed E-state index contributed by atoms with van der Waals surface area (Å²) < 4.78 is 72.1. The number of carbonyl (C=O) groups is 2. The summed E-state index contributed by atoms with van der Waals surface area (Å²) in [4.78, 5) is 27.2. The lowest BCUT2D eigenvalue weighted by atomic mass is 9.50. The Morgan fingerprint density at radius 1 is 0.962 bits per heavy atom. The van der Waals surface area contributed by atoms with Crippen LogP contribution in [0.15, 0.2) is 77.4 Å². The number of anilines is 2. The number of hydrogen-bond donors (Lipinski definition) is 3. The van der Waals surface area contributed by atoms with E-state index >= 15 is 8.78 Å². The van der Waals surface area contributed by atoms with Gasteiger partial charge in [-0.2, -0.15) is 22.0 Å². The Morgan fingerprint density at radius 2 is 1.67 bits per heavy atom. The number of ketones is 1. The highest BCUT2D eigenvalue weighted by atomic mass is 19.4. The number of aliphatic hydroxyl groups is 1. The fraction of sp³-hybridized carbons (Fsp3) is 0.512. The van der Waals surface area contributed by atoms with E-state index in [-0.39, 0.29) is 37.1 Å². The van der Waals surface area contributed by atoms with E-state index in [9.17, 15) is 27.9 Å². The molecule has 52 heavy (non-hydrogen) atoms. The number of alkyl halides is 5. The number of hydrogen-bond acceptors (Lipinski definition) is 4. The van der Waals surface area contributed by atoms with Gasteiger partial charge in [-0.25, -0.2) is 4.79 Å². The van der Waals surface area contributed by atoms with Gasteiger partial charge in [0.15, 0.2) is 5.78 Å². The standard InChI is InChI=1S/C41H46F5N3O3/c1-38-25-34(36-32-18-16-31(50)24-28(32)11-17-33(36)35(38)19-20-39(38,52)40(42,43)41(44,45)46)27-9-7-26(8-10-27)6-5-21-47-37(51)48-29-12-14-30(15-13-29)49-22-3-2-4-23-49/h5-10,12-15,24,33-35,52H,2-4,11,16-23,25H2,1H3,(H2,47,48,51)/t33-,34+,35-,38-,39-/m0/s1. The molecule has 1 heterocycles. The highest BCUT2D eigenvalue weighted by Crippen LogP contribution is 2.70. The Labute approximate surface area is 301 Å². The van der Waals surface area contributed by atoms with Gasteiger partial charge < -0.3 is 20.6 Å². The molecule has 1 aliphatic heterocycles. The molecule has 0 aromatic heterocycles. The molecule has 11 heteroatoms. The minimum Gasteiger partial charge on any atom is -0.383 e. The number of rotatable bonds is 7. The van der Waals surface area contributed by atoms with E-state index in [1.165, 1.54) is 26.2 Å². The van der Waals surface area contributed by atoms with Crippen molar-refractivity contribution in [2.45, 2.75) is 94.7 Å². The lowest BCUT2D eigenvalue weighted by Gasteiger charge is -2.56. The van der Waals surface area contributed by atoms with Crippen molar-refractivity contribution in [3.8, 4) is 0 Å². The number of halogens is 5.